The van der Waals surface area contributed by atoms with E-state index in [0.29, 0.717) is 13.1 Å². The molecule has 0 aliphatic heterocycles. The number of pyridine rings is 1. The van der Waals surface area contributed by atoms with Crippen LogP contribution >= 0.6 is 23.2 Å². The summed E-state index contributed by atoms with van der Waals surface area (Å²) in [5, 5.41) is 7.38. The van der Waals surface area contributed by atoms with E-state index in [4.69, 9.17) is 23.2 Å². The summed E-state index contributed by atoms with van der Waals surface area (Å²) in [4.78, 5) is 20.2. The van der Waals surface area contributed by atoms with E-state index < -0.39 is 0 Å². The van der Waals surface area contributed by atoms with Gasteiger partial charge < -0.3 is 5.32 Å². The molecule has 2 heterocycles. The fraction of sp³-hybridized carbons (Fsp3) is 0.125. The van der Waals surface area contributed by atoms with Crippen molar-refractivity contribution in [3.8, 4) is 0 Å². The zero-order valence-corrected chi connectivity index (χ0v) is 14.0. The standard InChI is InChI=1S/C16H13Cl2N5O/c17-13-5-6-14(18)22-15(13)16(24)20-7-11-3-1-2-4-12(11)8-23-10-19-9-21-23/h1-6,9-10H,7-8H2,(H,20,24). The number of nitrogens with one attached hydrogen (secondary N) is 1. The third-order valence-corrected chi connectivity index (χ3v) is 3.90. The third-order valence-electron chi connectivity index (χ3n) is 3.38. The summed E-state index contributed by atoms with van der Waals surface area (Å²) in [7, 11) is 0. The van der Waals surface area contributed by atoms with E-state index >= 15 is 0 Å². The molecule has 122 valence electrons. The van der Waals surface area contributed by atoms with Gasteiger partial charge in [-0.1, -0.05) is 47.5 Å². The summed E-state index contributed by atoms with van der Waals surface area (Å²) in [6, 6.07) is 10.9. The molecule has 6 nitrogen and oxygen atoms in total. The molecule has 0 bridgehead atoms. The molecule has 1 amide bonds. The number of carbonyl (C=O) groups is 1. The molecule has 24 heavy (non-hydrogen) atoms. The number of rotatable bonds is 5. The predicted molar refractivity (Wildman–Crippen MR) is 91.0 cm³/mol. The summed E-state index contributed by atoms with van der Waals surface area (Å²) < 4.78 is 1.72. The van der Waals surface area contributed by atoms with Crippen LogP contribution in [0.15, 0.2) is 49.1 Å². The van der Waals surface area contributed by atoms with E-state index in [2.05, 4.69) is 20.4 Å². The lowest BCUT2D eigenvalue weighted by atomic mass is 10.1. The smallest absolute Gasteiger partial charge is 0.271 e. The summed E-state index contributed by atoms with van der Waals surface area (Å²) in [5.74, 6) is -0.377. The van der Waals surface area contributed by atoms with Crippen LogP contribution in [0, 0.1) is 0 Å². The highest BCUT2D eigenvalue weighted by Gasteiger charge is 2.13. The van der Waals surface area contributed by atoms with Crippen LogP contribution in [0.5, 0.6) is 0 Å². The summed E-state index contributed by atoms with van der Waals surface area (Å²) in [6.45, 7) is 0.913. The largest absolute Gasteiger partial charge is 0.347 e. The van der Waals surface area contributed by atoms with Gasteiger partial charge in [-0.25, -0.2) is 14.6 Å². The molecule has 1 aromatic carbocycles. The fourth-order valence-electron chi connectivity index (χ4n) is 2.21. The minimum Gasteiger partial charge on any atom is -0.347 e. The van der Waals surface area contributed by atoms with Gasteiger partial charge in [-0.3, -0.25) is 4.79 Å². The first-order valence-electron chi connectivity index (χ1n) is 7.13. The molecule has 0 aliphatic rings. The Labute approximate surface area is 148 Å². The van der Waals surface area contributed by atoms with Crippen molar-refractivity contribution in [2.24, 2.45) is 0 Å². The van der Waals surface area contributed by atoms with Gasteiger partial charge in [-0.2, -0.15) is 5.10 Å². The Morgan fingerprint density at radius 3 is 2.67 bits per heavy atom. The lowest BCUT2D eigenvalue weighted by molar-refractivity contribution is 0.0946. The maximum Gasteiger partial charge on any atom is 0.271 e. The van der Waals surface area contributed by atoms with Crippen LogP contribution in [-0.2, 0) is 13.1 Å². The van der Waals surface area contributed by atoms with Gasteiger partial charge in [0.25, 0.3) is 5.91 Å². The van der Waals surface area contributed by atoms with Gasteiger partial charge >= 0.3 is 0 Å². The van der Waals surface area contributed by atoms with Crippen molar-refractivity contribution in [2.45, 2.75) is 13.1 Å². The van der Waals surface area contributed by atoms with Crippen molar-refractivity contribution in [1.82, 2.24) is 25.1 Å². The van der Waals surface area contributed by atoms with Crippen LogP contribution in [-0.4, -0.2) is 25.7 Å². The van der Waals surface area contributed by atoms with Crippen LogP contribution in [0.25, 0.3) is 0 Å². The van der Waals surface area contributed by atoms with Gasteiger partial charge in [0, 0.05) is 6.54 Å². The molecule has 0 radical (unpaired) electrons. The van der Waals surface area contributed by atoms with Gasteiger partial charge in [0.1, 0.15) is 23.5 Å². The van der Waals surface area contributed by atoms with Gasteiger partial charge in [0.05, 0.1) is 11.6 Å². The third kappa shape index (κ3) is 3.90. The normalized spacial score (nSPS) is 10.6. The van der Waals surface area contributed by atoms with Crippen molar-refractivity contribution in [3.05, 3.63) is 76.0 Å². The molecule has 8 heteroatoms. The van der Waals surface area contributed by atoms with E-state index in [9.17, 15) is 4.79 Å². The number of hydrogen-bond acceptors (Lipinski definition) is 4. The van der Waals surface area contributed by atoms with Crippen molar-refractivity contribution in [3.63, 3.8) is 0 Å². The molecule has 0 fully saturated rings. The highest BCUT2D eigenvalue weighted by atomic mass is 35.5. The first-order valence-corrected chi connectivity index (χ1v) is 7.88. The maximum atomic E-state index is 12.3. The first kappa shape index (κ1) is 16.4. The Hall–Kier alpha value is -2.44. The average molecular weight is 362 g/mol. The second-order valence-corrected chi connectivity index (χ2v) is 5.80. The summed E-state index contributed by atoms with van der Waals surface area (Å²) >= 11 is 11.8. The molecule has 3 rings (SSSR count). The SMILES string of the molecule is O=C(NCc1ccccc1Cn1cncn1)c1nc(Cl)ccc1Cl. The highest BCUT2D eigenvalue weighted by molar-refractivity contribution is 6.34. The van der Waals surface area contributed by atoms with Gasteiger partial charge in [-0.05, 0) is 23.3 Å². The number of nitrogens with zero attached hydrogens (tertiary/aromatic N) is 4. The number of halogens is 2. The highest BCUT2D eigenvalue weighted by Crippen LogP contribution is 2.17. The molecular formula is C16H13Cl2N5O. The van der Waals surface area contributed by atoms with Crippen LogP contribution < -0.4 is 5.32 Å². The molecule has 0 unspecified atom stereocenters. The number of aromatic nitrogens is 4. The maximum absolute atomic E-state index is 12.3. The van der Waals surface area contributed by atoms with Gasteiger partial charge in [0.15, 0.2) is 0 Å². The first-order chi connectivity index (χ1) is 11.6. The zero-order chi connectivity index (χ0) is 16.9. The van der Waals surface area contributed by atoms with E-state index in [1.54, 1.807) is 17.1 Å². The van der Waals surface area contributed by atoms with Crippen LogP contribution in [0.3, 0.4) is 0 Å². The topological polar surface area (TPSA) is 72.7 Å². The predicted octanol–water partition coefficient (Wildman–Crippen LogP) is 2.96. The van der Waals surface area contributed by atoms with Crippen molar-refractivity contribution >= 4 is 29.1 Å². The minimum absolute atomic E-state index is 0.109. The zero-order valence-electron chi connectivity index (χ0n) is 12.5. The lowest BCUT2D eigenvalue weighted by Gasteiger charge is -2.11. The monoisotopic (exact) mass is 361 g/mol. The number of hydrogen-bond donors (Lipinski definition) is 1. The van der Waals surface area contributed by atoms with Crippen LogP contribution in [0.4, 0.5) is 0 Å². The van der Waals surface area contributed by atoms with Crippen LogP contribution in [0.2, 0.25) is 10.2 Å². The van der Waals surface area contributed by atoms with E-state index in [1.807, 2.05) is 24.3 Å². The Bertz CT molecular complexity index is 851. The molecule has 0 spiro atoms. The molecule has 0 atom stereocenters. The second-order valence-electron chi connectivity index (χ2n) is 5.01. The van der Waals surface area contributed by atoms with Gasteiger partial charge in [0.2, 0.25) is 0 Å². The van der Waals surface area contributed by atoms with E-state index in [-0.39, 0.29) is 21.8 Å². The molecular weight excluding hydrogens is 349 g/mol. The van der Waals surface area contributed by atoms with Crippen LogP contribution in [0.1, 0.15) is 21.6 Å². The lowest BCUT2D eigenvalue weighted by Crippen LogP contribution is -2.25. The van der Waals surface area contributed by atoms with Crippen molar-refractivity contribution in [2.75, 3.05) is 0 Å². The number of amides is 1. The Kier molecular flexibility index (Phi) is 5.08. The minimum atomic E-state index is -0.377. The Balaban J connectivity index is 1.72. The Morgan fingerprint density at radius 2 is 1.92 bits per heavy atom. The quantitative estimate of drug-likeness (QED) is 0.709. The summed E-state index contributed by atoms with van der Waals surface area (Å²) in [5.41, 5.74) is 2.12. The number of benzene rings is 1. The van der Waals surface area contributed by atoms with Crippen molar-refractivity contribution < 1.29 is 4.79 Å². The number of carbonyl (C=O) groups excluding carboxylic acids is 1. The molecule has 0 aliphatic carbocycles. The molecule has 0 saturated carbocycles. The van der Waals surface area contributed by atoms with E-state index in [1.165, 1.54) is 12.4 Å². The Morgan fingerprint density at radius 1 is 1.12 bits per heavy atom. The average Bonchev–Trinajstić information content (AvgIpc) is 3.09. The molecule has 1 N–H and O–H groups in total. The summed E-state index contributed by atoms with van der Waals surface area (Å²) in [6.07, 6.45) is 3.13. The van der Waals surface area contributed by atoms with Crippen molar-refractivity contribution in [1.29, 1.82) is 0 Å². The van der Waals surface area contributed by atoms with E-state index in [0.717, 1.165) is 11.1 Å². The fourth-order valence-corrected chi connectivity index (χ4v) is 2.55. The van der Waals surface area contributed by atoms with Gasteiger partial charge in [-0.15, -0.1) is 0 Å². The molecule has 3 aromatic rings. The second kappa shape index (κ2) is 7.42. The molecule has 2 aromatic heterocycles. The molecule has 0 saturated heterocycles.